The van der Waals surface area contributed by atoms with Gasteiger partial charge >= 0.3 is 0 Å². The maximum atomic E-state index is 6.60. The summed E-state index contributed by atoms with van der Waals surface area (Å²) in [6.45, 7) is 2.13. The van der Waals surface area contributed by atoms with Crippen LogP contribution in [0.3, 0.4) is 0 Å². The van der Waals surface area contributed by atoms with E-state index < -0.39 is 0 Å². The highest BCUT2D eigenvalue weighted by Gasteiger charge is 2.55. The van der Waals surface area contributed by atoms with Crippen molar-refractivity contribution in [3.05, 3.63) is 0 Å². The first kappa shape index (κ1) is 19.4. The average Bonchev–Trinajstić information content (AvgIpc) is 3.58. The Kier molecular flexibility index (Phi) is 5.01. The van der Waals surface area contributed by atoms with Crippen LogP contribution in [-0.4, -0.2) is 25.4 Å². The molecule has 7 fully saturated rings. The van der Waals surface area contributed by atoms with Crippen LogP contribution in [0, 0.1) is 59.2 Å². The summed E-state index contributed by atoms with van der Waals surface area (Å²) in [5.74, 6) is 9.90. The summed E-state index contributed by atoms with van der Waals surface area (Å²) in [6.07, 6.45) is 21.8. The zero-order valence-corrected chi connectivity index (χ0v) is 19.1. The second-order valence-corrected chi connectivity index (χ2v) is 12.9. The molecule has 0 aromatic heterocycles. The molecule has 7 aliphatic carbocycles. The van der Waals surface area contributed by atoms with Crippen LogP contribution >= 0.6 is 0 Å². The van der Waals surface area contributed by atoms with E-state index in [1.807, 2.05) is 0 Å². The molecule has 0 N–H and O–H groups in total. The van der Waals surface area contributed by atoms with Gasteiger partial charge in [0.1, 0.15) is 0 Å². The second-order valence-electron chi connectivity index (χ2n) is 12.9. The molecule has 2 nitrogen and oxygen atoms in total. The lowest BCUT2D eigenvalue weighted by atomic mass is 9.79. The van der Waals surface area contributed by atoms with Crippen LogP contribution in [0.2, 0.25) is 0 Å². The molecule has 30 heavy (non-hydrogen) atoms. The van der Waals surface area contributed by atoms with Gasteiger partial charge in [-0.25, -0.2) is 0 Å². The number of rotatable bonds is 6. The molecule has 10 unspecified atom stereocenters. The average molecular weight is 413 g/mol. The fourth-order valence-electron chi connectivity index (χ4n) is 10.5. The molecular formula is C28H44O2. The van der Waals surface area contributed by atoms with Gasteiger partial charge in [-0.1, -0.05) is 12.8 Å². The maximum absolute atomic E-state index is 6.60. The van der Waals surface area contributed by atoms with Crippen LogP contribution in [0.15, 0.2) is 0 Å². The fourth-order valence-corrected chi connectivity index (χ4v) is 10.5. The van der Waals surface area contributed by atoms with Crippen LogP contribution < -0.4 is 0 Å². The first-order valence-corrected chi connectivity index (χ1v) is 14.1. The van der Waals surface area contributed by atoms with Gasteiger partial charge in [-0.2, -0.15) is 0 Å². The van der Waals surface area contributed by atoms with E-state index in [-0.39, 0.29) is 0 Å². The zero-order valence-electron chi connectivity index (χ0n) is 19.1. The summed E-state index contributed by atoms with van der Waals surface area (Å²) in [5, 5.41) is 0. The minimum absolute atomic E-state index is 0.632. The predicted molar refractivity (Wildman–Crippen MR) is 119 cm³/mol. The Morgan fingerprint density at radius 3 is 1.33 bits per heavy atom. The lowest BCUT2D eigenvalue weighted by molar-refractivity contribution is -0.0470. The smallest absolute Gasteiger partial charge is 0.0609 e. The number of hydrogen-bond acceptors (Lipinski definition) is 2. The van der Waals surface area contributed by atoms with E-state index in [2.05, 4.69) is 0 Å². The first-order chi connectivity index (χ1) is 14.8. The van der Waals surface area contributed by atoms with Crippen molar-refractivity contribution in [1.82, 2.24) is 0 Å². The third-order valence-corrected chi connectivity index (χ3v) is 11.8. The maximum Gasteiger partial charge on any atom is 0.0609 e. The first-order valence-electron chi connectivity index (χ1n) is 14.1. The van der Waals surface area contributed by atoms with Gasteiger partial charge < -0.3 is 9.47 Å². The van der Waals surface area contributed by atoms with Gasteiger partial charge in [-0.05, 0) is 136 Å². The highest BCUT2D eigenvalue weighted by molar-refractivity contribution is 5.04. The van der Waals surface area contributed by atoms with Gasteiger partial charge in [-0.15, -0.1) is 0 Å². The molecule has 7 rings (SSSR count). The van der Waals surface area contributed by atoms with E-state index in [1.165, 1.54) is 89.9 Å². The lowest BCUT2D eigenvalue weighted by Crippen LogP contribution is -2.33. The Hall–Kier alpha value is -0.0800. The summed E-state index contributed by atoms with van der Waals surface area (Å²) >= 11 is 0. The van der Waals surface area contributed by atoms with Crippen molar-refractivity contribution in [2.24, 2.45) is 59.2 Å². The van der Waals surface area contributed by atoms with Gasteiger partial charge in [0.2, 0.25) is 0 Å². The van der Waals surface area contributed by atoms with Crippen LogP contribution in [0.4, 0.5) is 0 Å². The van der Waals surface area contributed by atoms with Crippen LogP contribution in [0.25, 0.3) is 0 Å². The molecule has 0 aromatic rings. The van der Waals surface area contributed by atoms with Gasteiger partial charge in [-0.3, -0.25) is 0 Å². The molecule has 0 aromatic carbocycles. The summed E-state index contributed by atoms with van der Waals surface area (Å²) in [4.78, 5) is 0. The Morgan fingerprint density at radius 2 is 0.867 bits per heavy atom. The van der Waals surface area contributed by atoms with E-state index in [9.17, 15) is 0 Å². The van der Waals surface area contributed by atoms with Crippen molar-refractivity contribution in [3.63, 3.8) is 0 Å². The molecule has 7 saturated carbocycles. The monoisotopic (exact) mass is 412 g/mol. The predicted octanol–water partition coefficient (Wildman–Crippen LogP) is 6.48. The Labute approximate surface area is 184 Å². The van der Waals surface area contributed by atoms with Crippen molar-refractivity contribution in [3.8, 4) is 0 Å². The fraction of sp³-hybridized carbons (Fsp3) is 1.00. The minimum atomic E-state index is 0.632. The summed E-state index contributed by atoms with van der Waals surface area (Å²) < 4.78 is 13.2. The third kappa shape index (κ3) is 3.17. The number of fused-ring (bicyclic) bond motifs is 10. The van der Waals surface area contributed by atoms with Gasteiger partial charge in [0.05, 0.1) is 12.2 Å². The number of ether oxygens (including phenoxy) is 2. The van der Waals surface area contributed by atoms with Gasteiger partial charge in [0, 0.05) is 13.2 Å². The van der Waals surface area contributed by atoms with E-state index in [4.69, 9.17) is 9.47 Å². The molecule has 0 heterocycles. The third-order valence-electron chi connectivity index (χ3n) is 11.8. The molecule has 2 heteroatoms. The van der Waals surface area contributed by atoms with Crippen molar-refractivity contribution >= 4 is 0 Å². The minimum Gasteiger partial charge on any atom is -0.378 e. The SMILES string of the molecule is C1CC2C3CC(OCC4CCC(COC5CC6CC5C5CCCC65)CC4)C(C3)C2C1. The Balaban J connectivity index is 0.835. The molecule has 0 saturated heterocycles. The van der Waals surface area contributed by atoms with Crippen LogP contribution in [0.5, 0.6) is 0 Å². The molecule has 0 spiro atoms. The number of hydrogen-bond donors (Lipinski definition) is 0. The largest absolute Gasteiger partial charge is 0.378 e. The van der Waals surface area contributed by atoms with Crippen LogP contribution in [0.1, 0.15) is 89.9 Å². The molecule has 0 aliphatic heterocycles. The molecule has 0 amide bonds. The van der Waals surface area contributed by atoms with E-state index >= 15 is 0 Å². The quantitative estimate of drug-likeness (QED) is 0.497. The lowest BCUT2D eigenvalue weighted by Gasteiger charge is -2.35. The summed E-state index contributed by atoms with van der Waals surface area (Å²) in [5.41, 5.74) is 0. The summed E-state index contributed by atoms with van der Waals surface area (Å²) in [6, 6.07) is 0. The van der Waals surface area contributed by atoms with E-state index in [1.54, 1.807) is 0 Å². The molecule has 0 radical (unpaired) electrons. The Bertz CT molecular complexity index is 570. The van der Waals surface area contributed by atoms with Crippen molar-refractivity contribution in [2.75, 3.05) is 13.2 Å². The molecule has 168 valence electrons. The van der Waals surface area contributed by atoms with E-state index in [0.717, 1.165) is 72.4 Å². The second kappa shape index (κ2) is 7.75. The molecule has 4 bridgehead atoms. The van der Waals surface area contributed by atoms with Crippen molar-refractivity contribution < 1.29 is 9.47 Å². The molecule has 7 aliphatic rings. The van der Waals surface area contributed by atoms with Gasteiger partial charge in [0.25, 0.3) is 0 Å². The molecular weight excluding hydrogens is 368 g/mol. The molecule has 10 atom stereocenters. The normalized spacial score (nSPS) is 56.0. The zero-order chi connectivity index (χ0) is 19.7. The van der Waals surface area contributed by atoms with Gasteiger partial charge in [0.15, 0.2) is 0 Å². The van der Waals surface area contributed by atoms with Crippen molar-refractivity contribution in [2.45, 2.75) is 102 Å². The van der Waals surface area contributed by atoms with E-state index in [0.29, 0.717) is 12.2 Å². The Morgan fingerprint density at radius 1 is 0.433 bits per heavy atom. The van der Waals surface area contributed by atoms with Crippen molar-refractivity contribution in [1.29, 1.82) is 0 Å². The highest BCUT2D eigenvalue weighted by Crippen LogP contribution is 2.60. The van der Waals surface area contributed by atoms with Crippen LogP contribution in [-0.2, 0) is 9.47 Å². The topological polar surface area (TPSA) is 18.5 Å². The standard InChI is InChI=1S/C28H44O2/c1-3-21-19-11-25(23(21)5-1)27(13-19)29-15-17-7-9-18(10-8-17)16-30-28-14-20-12-26(28)24-6-2-4-22(20)24/h17-28H,1-16H2. The highest BCUT2D eigenvalue weighted by atomic mass is 16.5. The summed E-state index contributed by atoms with van der Waals surface area (Å²) in [7, 11) is 0.